The van der Waals surface area contributed by atoms with Gasteiger partial charge in [0.15, 0.2) is 0 Å². The summed E-state index contributed by atoms with van der Waals surface area (Å²) in [5.41, 5.74) is 0.704. The van der Waals surface area contributed by atoms with Crippen LogP contribution in [0.5, 0.6) is 5.75 Å². The standard InChI is InChI=1S/C24H20BrClN2O5S/c25-17-7-8-19(33-23(31)15-5-4-6-18(26)12-15)16(11-17)13-20-22(30)28(24(32)34-20)14-21(29)27-9-2-1-3-10-27/h4-8,11-13H,1-3,9-10,14H2/b20-13-. The predicted octanol–water partition coefficient (Wildman–Crippen LogP) is 5.37. The molecule has 2 aliphatic heterocycles. The van der Waals surface area contributed by atoms with Gasteiger partial charge in [0.1, 0.15) is 12.3 Å². The summed E-state index contributed by atoms with van der Waals surface area (Å²) in [6, 6.07) is 11.3. The Kier molecular flexibility index (Phi) is 7.75. The number of piperidine rings is 1. The molecule has 2 heterocycles. The van der Waals surface area contributed by atoms with Gasteiger partial charge in [-0.2, -0.15) is 0 Å². The van der Waals surface area contributed by atoms with Gasteiger partial charge >= 0.3 is 5.97 Å². The van der Waals surface area contributed by atoms with Crippen molar-refractivity contribution in [3.8, 4) is 5.75 Å². The third-order valence-corrected chi connectivity index (χ3v) is 7.03. The SMILES string of the molecule is O=C(Oc1ccc(Br)cc1/C=C1\SC(=O)N(CC(=O)N2CCCCC2)C1=O)c1cccc(Cl)c1. The highest BCUT2D eigenvalue weighted by molar-refractivity contribution is 9.10. The van der Waals surface area contributed by atoms with Gasteiger partial charge in [0.25, 0.3) is 11.1 Å². The van der Waals surface area contributed by atoms with Crippen molar-refractivity contribution < 1.29 is 23.9 Å². The van der Waals surface area contributed by atoms with Crippen LogP contribution in [0.1, 0.15) is 35.2 Å². The number of hydrogen-bond acceptors (Lipinski definition) is 6. The van der Waals surface area contributed by atoms with Crippen molar-refractivity contribution in [2.75, 3.05) is 19.6 Å². The number of likely N-dealkylation sites (tertiary alicyclic amines) is 1. The first-order valence-electron chi connectivity index (χ1n) is 10.6. The fourth-order valence-corrected chi connectivity index (χ4v) is 5.05. The molecule has 176 valence electrons. The molecule has 34 heavy (non-hydrogen) atoms. The van der Waals surface area contributed by atoms with E-state index in [4.69, 9.17) is 16.3 Å². The number of amides is 3. The maximum Gasteiger partial charge on any atom is 0.343 e. The monoisotopic (exact) mass is 562 g/mol. The van der Waals surface area contributed by atoms with Crippen LogP contribution >= 0.6 is 39.3 Å². The summed E-state index contributed by atoms with van der Waals surface area (Å²) in [5, 5.41) is -0.104. The minimum absolute atomic E-state index is 0.148. The Labute approximate surface area is 214 Å². The Morgan fingerprint density at radius 3 is 2.59 bits per heavy atom. The van der Waals surface area contributed by atoms with E-state index in [0.29, 0.717) is 28.1 Å². The maximum atomic E-state index is 12.9. The number of ether oxygens (including phenoxy) is 1. The number of imide groups is 1. The molecule has 0 atom stereocenters. The Morgan fingerprint density at radius 1 is 1.09 bits per heavy atom. The van der Waals surface area contributed by atoms with E-state index in [0.717, 1.165) is 35.9 Å². The fourth-order valence-electron chi connectivity index (χ4n) is 3.66. The fraction of sp³-hybridized carbons (Fsp3) is 0.250. The van der Waals surface area contributed by atoms with Crippen molar-refractivity contribution in [2.24, 2.45) is 0 Å². The molecule has 0 aromatic heterocycles. The molecule has 0 aliphatic carbocycles. The summed E-state index contributed by atoms with van der Waals surface area (Å²) in [6.45, 7) is 1.01. The largest absolute Gasteiger partial charge is 0.422 e. The molecule has 4 rings (SSSR count). The van der Waals surface area contributed by atoms with Gasteiger partial charge in [-0.05, 0) is 73.5 Å². The average Bonchev–Trinajstić information content (AvgIpc) is 3.08. The second-order valence-corrected chi connectivity index (χ2v) is 10.1. The first-order valence-corrected chi connectivity index (χ1v) is 12.6. The average molecular weight is 564 g/mol. The van der Waals surface area contributed by atoms with Crippen molar-refractivity contribution in [1.82, 2.24) is 9.80 Å². The summed E-state index contributed by atoms with van der Waals surface area (Å²) in [5.74, 6) is -1.18. The lowest BCUT2D eigenvalue weighted by molar-refractivity contribution is -0.136. The molecule has 2 fully saturated rings. The van der Waals surface area contributed by atoms with Crippen LogP contribution in [-0.2, 0) is 9.59 Å². The zero-order chi connectivity index (χ0) is 24.2. The molecule has 0 saturated carbocycles. The molecule has 10 heteroatoms. The van der Waals surface area contributed by atoms with Crippen LogP contribution < -0.4 is 4.74 Å². The summed E-state index contributed by atoms with van der Waals surface area (Å²) in [6.07, 6.45) is 4.41. The van der Waals surface area contributed by atoms with Crippen LogP contribution in [0.2, 0.25) is 5.02 Å². The molecule has 0 unspecified atom stereocenters. The molecule has 2 saturated heterocycles. The topological polar surface area (TPSA) is 84.0 Å². The Hall–Kier alpha value is -2.62. The Bertz CT molecular complexity index is 1200. The molecule has 0 spiro atoms. The van der Waals surface area contributed by atoms with Gasteiger partial charge in [0, 0.05) is 28.1 Å². The number of thioether (sulfide) groups is 1. The van der Waals surface area contributed by atoms with E-state index in [-0.39, 0.29) is 28.7 Å². The van der Waals surface area contributed by atoms with Gasteiger partial charge in [0.05, 0.1) is 10.5 Å². The van der Waals surface area contributed by atoms with Gasteiger partial charge in [-0.1, -0.05) is 33.6 Å². The molecule has 0 bridgehead atoms. The first kappa shape index (κ1) is 24.5. The number of hydrogen-bond donors (Lipinski definition) is 0. The third-order valence-electron chi connectivity index (χ3n) is 5.40. The summed E-state index contributed by atoms with van der Waals surface area (Å²) >= 11 is 10.1. The van der Waals surface area contributed by atoms with Crippen molar-refractivity contribution in [3.63, 3.8) is 0 Å². The molecular formula is C24H20BrClN2O5S. The minimum Gasteiger partial charge on any atom is -0.422 e. The van der Waals surface area contributed by atoms with Gasteiger partial charge in [-0.25, -0.2) is 4.79 Å². The Morgan fingerprint density at radius 2 is 1.85 bits per heavy atom. The van der Waals surface area contributed by atoms with Crippen LogP contribution in [0.4, 0.5) is 4.79 Å². The van der Waals surface area contributed by atoms with E-state index in [9.17, 15) is 19.2 Å². The van der Waals surface area contributed by atoms with Crippen molar-refractivity contribution in [2.45, 2.75) is 19.3 Å². The highest BCUT2D eigenvalue weighted by Crippen LogP contribution is 2.35. The summed E-state index contributed by atoms with van der Waals surface area (Å²) < 4.78 is 6.24. The number of nitrogens with zero attached hydrogens (tertiary/aromatic N) is 2. The second-order valence-electron chi connectivity index (χ2n) is 7.79. The van der Waals surface area contributed by atoms with E-state index in [1.165, 1.54) is 12.1 Å². The molecule has 0 radical (unpaired) electrons. The summed E-state index contributed by atoms with van der Waals surface area (Å²) in [7, 11) is 0. The highest BCUT2D eigenvalue weighted by Gasteiger charge is 2.37. The highest BCUT2D eigenvalue weighted by atomic mass is 79.9. The third kappa shape index (κ3) is 5.71. The zero-order valence-corrected chi connectivity index (χ0v) is 21.1. The lowest BCUT2D eigenvalue weighted by Crippen LogP contribution is -2.44. The predicted molar refractivity (Wildman–Crippen MR) is 134 cm³/mol. The lowest BCUT2D eigenvalue weighted by Gasteiger charge is -2.27. The lowest BCUT2D eigenvalue weighted by atomic mass is 10.1. The molecule has 2 aromatic carbocycles. The van der Waals surface area contributed by atoms with Gasteiger partial charge in [-0.3, -0.25) is 19.3 Å². The zero-order valence-electron chi connectivity index (χ0n) is 18.0. The molecule has 3 amide bonds. The van der Waals surface area contributed by atoms with Crippen molar-refractivity contribution in [1.29, 1.82) is 0 Å². The first-order chi connectivity index (χ1) is 16.3. The molecule has 7 nitrogen and oxygen atoms in total. The number of halogens is 2. The number of rotatable bonds is 5. The van der Waals surface area contributed by atoms with Gasteiger partial charge < -0.3 is 9.64 Å². The number of benzene rings is 2. The van der Waals surface area contributed by atoms with E-state index < -0.39 is 17.1 Å². The van der Waals surface area contributed by atoms with E-state index in [1.54, 1.807) is 41.3 Å². The van der Waals surface area contributed by atoms with Crippen LogP contribution in [0.3, 0.4) is 0 Å². The molecule has 2 aromatic rings. The second kappa shape index (κ2) is 10.8. The molecule has 2 aliphatic rings. The van der Waals surface area contributed by atoms with E-state index in [2.05, 4.69) is 15.9 Å². The van der Waals surface area contributed by atoms with Crippen LogP contribution in [0.25, 0.3) is 6.08 Å². The van der Waals surface area contributed by atoms with Crippen LogP contribution in [-0.4, -0.2) is 52.5 Å². The van der Waals surface area contributed by atoms with Crippen LogP contribution in [0, 0.1) is 0 Å². The maximum absolute atomic E-state index is 12.9. The van der Waals surface area contributed by atoms with E-state index in [1.807, 2.05) is 0 Å². The number of carbonyl (C=O) groups excluding carboxylic acids is 4. The molecular weight excluding hydrogens is 544 g/mol. The number of carbonyl (C=O) groups is 4. The van der Waals surface area contributed by atoms with Gasteiger partial charge in [-0.15, -0.1) is 0 Å². The quantitative estimate of drug-likeness (QED) is 0.276. The number of esters is 1. The summed E-state index contributed by atoms with van der Waals surface area (Å²) in [4.78, 5) is 53.4. The van der Waals surface area contributed by atoms with Crippen molar-refractivity contribution >= 4 is 68.4 Å². The smallest absolute Gasteiger partial charge is 0.343 e. The van der Waals surface area contributed by atoms with Gasteiger partial charge in [0.2, 0.25) is 5.91 Å². The van der Waals surface area contributed by atoms with E-state index >= 15 is 0 Å². The molecule has 0 N–H and O–H groups in total. The van der Waals surface area contributed by atoms with Crippen LogP contribution in [0.15, 0.2) is 51.8 Å². The van der Waals surface area contributed by atoms with Crippen molar-refractivity contribution in [3.05, 3.63) is 68.0 Å². The normalized spacial score (nSPS) is 17.4. The Balaban J connectivity index is 1.53. The minimum atomic E-state index is -0.611.